The standard InChI is InChI=1S/C16H21NOS/c1-12-4-6-14(7-5-12)13(2)17-11-16(3,18)15-8-9-19-10-15/h4-10,13,17-18H,11H2,1-3H3. The van der Waals surface area contributed by atoms with Crippen molar-refractivity contribution in [2.45, 2.75) is 32.4 Å². The number of hydrogen-bond acceptors (Lipinski definition) is 3. The van der Waals surface area contributed by atoms with E-state index in [0.29, 0.717) is 6.54 Å². The molecule has 0 saturated carbocycles. The number of hydrogen-bond donors (Lipinski definition) is 2. The minimum absolute atomic E-state index is 0.228. The summed E-state index contributed by atoms with van der Waals surface area (Å²) in [4.78, 5) is 0. The number of nitrogens with one attached hydrogen (secondary N) is 1. The third-order valence-corrected chi connectivity index (χ3v) is 4.16. The van der Waals surface area contributed by atoms with Gasteiger partial charge in [0.05, 0.1) is 0 Å². The Kier molecular flexibility index (Phi) is 4.40. The number of aliphatic hydroxyl groups is 1. The van der Waals surface area contributed by atoms with E-state index in [0.717, 1.165) is 5.56 Å². The molecule has 2 aromatic rings. The average Bonchev–Trinajstić information content (AvgIpc) is 2.91. The first-order valence-corrected chi connectivity index (χ1v) is 7.48. The highest BCUT2D eigenvalue weighted by molar-refractivity contribution is 7.08. The van der Waals surface area contributed by atoms with Crippen molar-refractivity contribution in [3.8, 4) is 0 Å². The van der Waals surface area contributed by atoms with Gasteiger partial charge in [-0.25, -0.2) is 0 Å². The summed E-state index contributed by atoms with van der Waals surface area (Å²) in [7, 11) is 0. The molecule has 0 aliphatic heterocycles. The van der Waals surface area contributed by atoms with Gasteiger partial charge in [0, 0.05) is 12.6 Å². The maximum atomic E-state index is 10.5. The quantitative estimate of drug-likeness (QED) is 0.873. The Morgan fingerprint density at radius 1 is 1.26 bits per heavy atom. The van der Waals surface area contributed by atoms with Crippen LogP contribution in [0, 0.1) is 6.92 Å². The van der Waals surface area contributed by atoms with Crippen LogP contribution in [-0.4, -0.2) is 11.7 Å². The molecule has 2 nitrogen and oxygen atoms in total. The first-order chi connectivity index (χ1) is 8.99. The van der Waals surface area contributed by atoms with Crippen molar-refractivity contribution in [2.24, 2.45) is 0 Å². The fourth-order valence-electron chi connectivity index (χ4n) is 2.00. The summed E-state index contributed by atoms with van der Waals surface area (Å²) < 4.78 is 0. The lowest BCUT2D eigenvalue weighted by molar-refractivity contribution is 0.0548. The van der Waals surface area contributed by atoms with Gasteiger partial charge in [-0.3, -0.25) is 0 Å². The van der Waals surface area contributed by atoms with Gasteiger partial charge in [0.2, 0.25) is 0 Å². The third kappa shape index (κ3) is 3.66. The second-order valence-corrected chi connectivity index (χ2v) is 6.08. The summed E-state index contributed by atoms with van der Waals surface area (Å²) in [6.07, 6.45) is 0. The number of rotatable bonds is 5. The summed E-state index contributed by atoms with van der Waals surface area (Å²) >= 11 is 1.61. The molecule has 19 heavy (non-hydrogen) atoms. The van der Waals surface area contributed by atoms with Gasteiger partial charge in [-0.15, -0.1) is 0 Å². The van der Waals surface area contributed by atoms with E-state index in [2.05, 4.69) is 43.4 Å². The van der Waals surface area contributed by atoms with Gasteiger partial charge >= 0.3 is 0 Å². The van der Waals surface area contributed by atoms with Crippen molar-refractivity contribution < 1.29 is 5.11 Å². The minimum atomic E-state index is -0.820. The minimum Gasteiger partial charge on any atom is -0.384 e. The normalized spacial score (nSPS) is 16.0. The Hall–Kier alpha value is -1.16. The zero-order valence-electron chi connectivity index (χ0n) is 11.7. The van der Waals surface area contributed by atoms with Crippen LogP contribution in [0.25, 0.3) is 0 Å². The molecule has 0 fully saturated rings. The average molecular weight is 275 g/mol. The monoisotopic (exact) mass is 275 g/mol. The van der Waals surface area contributed by atoms with Gasteiger partial charge in [0.1, 0.15) is 5.60 Å². The highest BCUT2D eigenvalue weighted by atomic mass is 32.1. The molecule has 102 valence electrons. The van der Waals surface area contributed by atoms with Gasteiger partial charge in [0.15, 0.2) is 0 Å². The molecule has 0 saturated heterocycles. The van der Waals surface area contributed by atoms with Gasteiger partial charge < -0.3 is 10.4 Å². The number of aryl methyl sites for hydroxylation is 1. The van der Waals surface area contributed by atoms with Gasteiger partial charge in [0.25, 0.3) is 0 Å². The summed E-state index contributed by atoms with van der Waals surface area (Å²) in [6.45, 7) is 6.60. The van der Waals surface area contributed by atoms with Crippen molar-refractivity contribution in [3.63, 3.8) is 0 Å². The summed E-state index contributed by atoms with van der Waals surface area (Å²) in [5, 5.41) is 17.9. The molecule has 1 aromatic carbocycles. The van der Waals surface area contributed by atoms with E-state index in [1.807, 2.05) is 23.8 Å². The zero-order chi connectivity index (χ0) is 13.9. The van der Waals surface area contributed by atoms with Crippen LogP contribution in [0.1, 0.15) is 36.6 Å². The second kappa shape index (κ2) is 5.87. The number of benzene rings is 1. The lowest BCUT2D eigenvalue weighted by atomic mass is 9.98. The first-order valence-electron chi connectivity index (χ1n) is 6.54. The summed E-state index contributed by atoms with van der Waals surface area (Å²) in [5.74, 6) is 0. The van der Waals surface area contributed by atoms with Crippen LogP contribution < -0.4 is 5.32 Å². The molecule has 3 heteroatoms. The van der Waals surface area contributed by atoms with Crippen molar-refractivity contribution >= 4 is 11.3 Å². The maximum absolute atomic E-state index is 10.5. The molecule has 0 aliphatic rings. The SMILES string of the molecule is Cc1ccc(C(C)NCC(C)(O)c2ccsc2)cc1. The maximum Gasteiger partial charge on any atom is 0.100 e. The zero-order valence-corrected chi connectivity index (χ0v) is 12.5. The first kappa shape index (κ1) is 14.3. The van der Waals surface area contributed by atoms with E-state index in [9.17, 15) is 5.11 Å². The molecule has 1 aromatic heterocycles. The van der Waals surface area contributed by atoms with Gasteiger partial charge in [-0.1, -0.05) is 29.8 Å². The van der Waals surface area contributed by atoms with Crippen molar-refractivity contribution in [3.05, 3.63) is 57.8 Å². The Morgan fingerprint density at radius 2 is 1.95 bits per heavy atom. The summed E-state index contributed by atoms with van der Waals surface area (Å²) in [6, 6.07) is 10.7. The molecule has 1 heterocycles. The fourth-order valence-corrected chi connectivity index (χ4v) is 2.78. The molecule has 2 N–H and O–H groups in total. The van der Waals surface area contributed by atoms with Gasteiger partial charge in [-0.2, -0.15) is 11.3 Å². The summed E-state index contributed by atoms with van der Waals surface area (Å²) in [5.41, 5.74) is 2.66. The Labute approximate surface area is 119 Å². The Bertz CT molecular complexity index is 502. The van der Waals surface area contributed by atoms with E-state index >= 15 is 0 Å². The van der Waals surface area contributed by atoms with Crippen molar-refractivity contribution in [1.82, 2.24) is 5.32 Å². The van der Waals surface area contributed by atoms with Crippen molar-refractivity contribution in [1.29, 1.82) is 0 Å². The predicted octanol–water partition coefficient (Wildman–Crippen LogP) is 3.61. The van der Waals surface area contributed by atoms with E-state index < -0.39 is 5.60 Å². The molecule has 0 spiro atoms. The Morgan fingerprint density at radius 3 is 2.53 bits per heavy atom. The van der Waals surface area contributed by atoms with Crippen molar-refractivity contribution in [2.75, 3.05) is 6.54 Å². The van der Waals surface area contributed by atoms with E-state index in [-0.39, 0.29) is 6.04 Å². The van der Waals surface area contributed by atoms with Crippen LogP contribution in [0.5, 0.6) is 0 Å². The second-order valence-electron chi connectivity index (χ2n) is 5.30. The Balaban J connectivity index is 1.97. The van der Waals surface area contributed by atoms with Crippen LogP contribution >= 0.6 is 11.3 Å². The lowest BCUT2D eigenvalue weighted by Crippen LogP contribution is -2.36. The molecule has 0 aliphatic carbocycles. The van der Waals surface area contributed by atoms with Crippen LogP contribution in [0.3, 0.4) is 0 Å². The topological polar surface area (TPSA) is 32.3 Å². The largest absolute Gasteiger partial charge is 0.384 e. The highest BCUT2D eigenvalue weighted by Gasteiger charge is 2.23. The smallest absolute Gasteiger partial charge is 0.100 e. The number of thiophene rings is 1. The van der Waals surface area contributed by atoms with Crippen LogP contribution in [-0.2, 0) is 5.60 Å². The molecule has 0 radical (unpaired) electrons. The molecule has 2 atom stereocenters. The molecular formula is C16H21NOS. The molecular weight excluding hydrogens is 254 g/mol. The van der Waals surface area contributed by atoms with E-state index in [1.165, 1.54) is 11.1 Å². The molecule has 0 bridgehead atoms. The predicted molar refractivity (Wildman–Crippen MR) is 81.5 cm³/mol. The third-order valence-electron chi connectivity index (χ3n) is 3.47. The lowest BCUT2D eigenvalue weighted by Gasteiger charge is -2.25. The molecule has 2 unspecified atom stereocenters. The van der Waals surface area contributed by atoms with E-state index in [1.54, 1.807) is 11.3 Å². The van der Waals surface area contributed by atoms with Gasteiger partial charge in [-0.05, 0) is 48.7 Å². The van der Waals surface area contributed by atoms with Crippen LogP contribution in [0.15, 0.2) is 41.1 Å². The molecule has 2 rings (SSSR count). The fraction of sp³-hybridized carbons (Fsp3) is 0.375. The van der Waals surface area contributed by atoms with E-state index in [4.69, 9.17) is 0 Å². The van der Waals surface area contributed by atoms with Crippen LogP contribution in [0.2, 0.25) is 0 Å². The van der Waals surface area contributed by atoms with Crippen LogP contribution in [0.4, 0.5) is 0 Å². The highest BCUT2D eigenvalue weighted by Crippen LogP contribution is 2.23. The molecule has 0 amide bonds.